The average molecular weight is 464 g/mol. The number of carbonyl (C=O) groups excluding carboxylic acids is 2. The maximum Gasteiger partial charge on any atom is 0.265 e. The number of amides is 2. The first-order chi connectivity index (χ1) is 15.3. The number of hydrogen-bond donors (Lipinski definition) is 1. The number of anilines is 1. The molecule has 2 atom stereocenters. The summed E-state index contributed by atoms with van der Waals surface area (Å²) < 4.78 is 34.3. The van der Waals surface area contributed by atoms with Gasteiger partial charge in [-0.25, -0.2) is 8.42 Å². The highest BCUT2D eigenvalue weighted by molar-refractivity contribution is 7.89. The van der Waals surface area contributed by atoms with Crippen LogP contribution in [0.2, 0.25) is 0 Å². The molecule has 9 heteroatoms. The van der Waals surface area contributed by atoms with Crippen LogP contribution >= 0.6 is 0 Å². The molecule has 3 aliphatic heterocycles. The number of nitrogens with one attached hydrogen (secondary N) is 1. The fourth-order valence-corrected chi connectivity index (χ4v) is 6.63. The summed E-state index contributed by atoms with van der Waals surface area (Å²) in [6.45, 7) is 5.72. The quantitative estimate of drug-likeness (QED) is 0.741. The highest BCUT2D eigenvalue weighted by Gasteiger charge is 2.37. The Hall–Kier alpha value is -2.13. The minimum atomic E-state index is -3.80. The van der Waals surface area contributed by atoms with Crippen LogP contribution in [0.1, 0.15) is 57.4 Å². The Morgan fingerprint density at radius 1 is 1.12 bits per heavy atom. The van der Waals surface area contributed by atoms with Gasteiger partial charge in [-0.2, -0.15) is 4.31 Å². The molecule has 1 aromatic rings. The van der Waals surface area contributed by atoms with E-state index in [4.69, 9.17) is 4.74 Å². The second kappa shape index (κ2) is 9.39. The zero-order valence-electron chi connectivity index (χ0n) is 18.9. The van der Waals surface area contributed by atoms with E-state index in [1.807, 2.05) is 11.8 Å². The first kappa shape index (κ1) is 23.0. The molecule has 32 heavy (non-hydrogen) atoms. The molecule has 0 aromatic heterocycles. The molecule has 0 radical (unpaired) electrons. The monoisotopic (exact) mass is 463 g/mol. The highest BCUT2D eigenvalue weighted by Crippen LogP contribution is 2.36. The Balaban J connectivity index is 1.55. The number of ether oxygens (including phenoxy) is 1. The third-order valence-corrected chi connectivity index (χ3v) is 8.74. The third kappa shape index (κ3) is 4.50. The molecule has 1 aromatic carbocycles. The Morgan fingerprint density at radius 2 is 1.84 bits per heavy atom. The van der Waals surface area contributed by atoms with Crippen molar-refractivity contribution in [3.05, 3.63) is 17.7 Å². The van der Waals surface area contributed by atoms with E-state index in [2.05, 4.69) is 5.32 Å². The summed E-state index contributed by atoms with van der Waals surface area (Å²) in [4.78, 5) is 27.3. The Bertz CT molecular complexity index is 986. The van der Waals surface area contributed by atoms with Gasteiger partial charge in [0.1, 0.15) is 5.75 Å². The maximum absolute atomic E-state index is 13.6. The van der Waals surface area contributed by atoms with Crippen molar-refractivity contribution in [1.29, 1.82) is 0 Å². The second-order valence-electron chi connectivity index (χ2n) is 9.06. The van der Waals surface area contributed by atoms with Crippen molar-refractivity contribution in [1.82, 2.24) is 9.21 Å². The summed E-state index contributed by atoms with van der Waals surface area (Å²) >= 11 is 0. The normalized spacial score (nSPS) is 24.8. The van der Waals surface area contributed by atoms with Gasteiger partial charge in [0.2, 0.25) is 15.9 Å². The lowest BCUT2D eigenvalue weighted by molar-refractivity contribution is -0.136. The number of hydrogen-bond acceptors (Lipinski definition) is 5. The number of aryl methyl sites for hydroxylation is 1. The molecule has 0 saturated carbocycles. The molecule has 4 rings (SSSR count). The molecule has 2 fully saturated rings. The minimum absolute atomic E-state index is 0.0887. The van der Waals surface area contributed by atoms with Crippen LogP contribution in [0.3, 0.4) is 0 Å². The molecular weight excluding hydrogens is 430 g/mol. The van der Waals surface area contributed by atoms with Crippen LogP contribution < -0.4 is 10.1 Å². The van der Waals surface area contributed by atoms with E-state index in [0.717, 1.165) is 45.2 Å². The van der Waals surface area contributed by atoms with Gasteiger partial charge in [0, 0.05) is 32.2 Å². The van der Waals surface area contributed by atoms with Gasteiger partial charge in [-0.3, -0.25) is 9.59 Å². The topological polar surface area (TPSA) is 96.0 Å². The van der Waals surface area contributed by atoms with Gasteiger partial charge >= 0.3 is 0 Å². The van der Waals surface area contributed by atoms with Gasteiger partial charge in [0.05, 0.1) is 16.5 Å². The number of nitrogens with zero attached hydrogens (tertiary/aromatic N) is 2. The Labute approximate surface area is 190 Å². The lowest BCUT2D eigenvalue weighted by atomic mass is 9.98. The molecule has 8 nitrogen and oxygen atoms in total. The van der Waals surface area contributed by atoms with E-state index in [9.17, 15) is 18.0 Å². The maximum atomic E-state index is 13.6. The fourth-order valence-electron chi connectivity index (χ4n) is 4.88. The van der Waals surface area contributed by atoms with Crippen LogP contribution in [0.5, 0.6) is 5.75 Å². The molecule has 3 aliphatic rings. The van der Waals surface area contributed by atoms with E-state index in [1.54, 1.807) is 13.0 Å². The van der Waals surface area contributed by atoms with Crippen LogP contribution in [0, 0.1) is 12.8 Å². The fraction of sp³-hybridized carbons (Fsp3) is 0.652. The first-order valence-corrected chi connectivity index (χ1v) is 13.2. The number of likely N-dealkylation sites (tertiary alicyclic amines) is 1. The Morgan fingerprint density at radius 3 is 2.53 bits per heavy atom. The summed E-state index contributed by atoms with van der Waals surface area (Å²) in [5, 5.41) is 2.80. The zero-order chi connectivity index (χ0) is 22.9. The molecule has 0 unspecified atom stereocenters. The van der Waals surface area contributed by atoms with Gasteiger partial charge in [-0.15, -0.1) is 0 Å². The van der Waals surface area contributed by atoms with Crippen molar-refractivity contribution in [3.63, 3.8) is 0 Å². The van der Waals surface area contributed by atoms with Crippen molar-refractivity contribution in [2.75, 3.05) is 31.5 Å². The van der Waals surface area contributed by atoms with E-state index >= 15 is 0 Å². The summed E-state index contributed by atoms with van der Waals surface area (Å²) in [5.41, 5.74) is 1.03. The SMILES string of the molecule is CC[C@H]1Oc2cc(S(=O)(=O)N3CCC[C@H](C(=O)N4CCCCCC4)C3)c(C)cc2NC1=O. The Kier molecular flexibility index (Phi) is 6.76. The van der Waals surface area contributed by atoms with Crippen molar-refractivity contribution >= 4 is 27.5 Å². The molecule has 3 heterocycles. The standard InChI is InChI=1S/C23H33N3O5S/c1-3-19-22(27)24-18-13-16(2)21(14-20(18)31-19)32(29,30)26-12-8-9-17(15-26)23(28)25-10-6-4-5-7-11-25/h13-14,17,19H,3-12,15H2,1-2H3,(H,24,27)/t17-,19+/m0/s1. The van der Waals surface area contributed by atoms with Crippen LogP contribution in [-0.4, -0.2) is 61.7 Å². The smallest absolute Gasteiger partial charge is 0.265 e. The summed E-state index contributed by atoms with van der Waals surface area (Å²) in [7, 11) is -3.80. The highest BCUT2D eigenvalue weighted by atomic mass is 32.2. The summed E-state index contributed by atoms with van der Waals surface area (Å²) in [5.74, 6) is -0.0592. The van der Waals surface area contributed by atoms with Gasteiger partial charge in [0.15, 0.2) is 6.10 Å². The molecular formula is C23H33N3O5S. The predicted molar refractivity (Wildman–Crippen MR) is 121 cm³/mol. The minimum Gasteiger partial charge on any atom is -0.478 e. The number of rotatable bonds is 4. The van der Waals surface area contributed by atoms with Crippen molar-refractivity contribution in [3.8, 4) is 5.75 Å². The van der Waals surface area contributed by atoms with Gasteiger partial charge in [-0.05, 0) is 50.7 Å². The van der Waals surface area contributed by atoms with E-state index in [-0.39, 0.29) is 29.2 Å². The van der Waals surface area contributed by atoms with Crippen LogP contribution in [0.4, 0.5) is 5.69 Å². The van der Waals surface area contributed by atoms with Gasteiger partial charge in [0.25, 0.3) is 5.91 Å². The van der Waals surface area contributed by atoms with E-state index in [1.165, 1.54) is 10.4 Å². The van der Waals surface area contributed by atoms with Crippen molar-refractivity contribution < 1.29 is 22.7 Å². The number of piperidine rings is 1. The largest absolute Gasteiger partial charge is 0.478 e. The van der Waals surface area contributed by atoms with Crippen LogP contribution in [-0.2, 0) is 19.6 Å². The molecule has 0 bridgehead atoms. The summed E-state index contributed by atoms with van der Waals surface area (Å²) in [6, 6.07) is 3.16. The van der Waals surface area contributed by atoms with Gasteiger partial charge < -0.3 is 15.0 Å². The molecule has 176 valence electrons. The van der Waals surface area contributed by atoms with E-state index in [0.29, 0.717) is 36.4 Å². The molecule has 0 spiro atoms. The molecule has 0 aliphatic carbocycles. The lowest BCUT2D eigenvalue weighted by Crippen LogP contribution is -2.47. The second-order valence-corrected chi connectivity index (χ2v) is 11.0. The lowest BCUT2D eigenvalue weighted by Gasteiger charge is -2.34. The molecule has 1 N–H and O–H groups in total. The van der Waals surface area contributed by atoms with Crippen LogP contribution in [0.15, 0.2) is 17.0 Å². The number of carbonyl (C=O) groups is 2. The number of fused-ring (bicyclic) bond motifs is 1. The molecule has 2 saturated heterocycles. The average Bonchev–Trinajstić information content (AvgIpc) is 3.07. The van der Waals surface area contributed by atoms with Crippen molar-refractivity contribution in [2.24, 2.45) is 5.92 Å². The zero-order valence-corrected chi connectivity index (χ0v) is 19.7. The number of benzene rings is 1. The van der Waals surface area contributed by atoms with E-state index < -0.39 is 16.1 Å². The van der Waals surface area contributed by atoms with Gasteiger partial charge in [-0.1, -0.05) is 19.8 Å². The molecule has 2 amide bonds. The number of sulfonamides is 1. The van der Waals surface area contributed by atoms with Crippen molar-refractivity contribution in [2.45, 2.75) is 69.8 Å². The summed E-state index contributed by atoms with van der Waals surface area (Å²) in [6.07, 6.45) is 5.57. The third-order valence-electron chi connectivity index (χ3n) is 6.74. The first-order valence-electron chi connectivity index (χ1n) is 11.7. The predicted octanol–water partition coefficient (Wildman–Crippen LogP) is 2.91. The van der Waals surface area contributed by atoms with Crippen LogP contribution in [0.25, 0.3) is 0 Å².